The first-order valence-corrected chi connectivity index (χ1v) is 17.9. The molecule has 0 aliphatic carbocycles. The minimum absolute atomic E-state index is 0. The van der Waals surface area contributed by atoms with Crippen LogP contribution in [0.4, 0.5) is 20.4 Å². The molecule has 3 atom stereocenters. The summed E-state index contributed by atoms with van der Waals surface area (Å²) in [7, 11) is 3.38. The van der Waals surface area contributed by atoms with Crippen LogP contribution in [0.25, 0.3) is 39.0 Å². The summed E-state index contributed by atoms with van der Waals surface area (Å²) in [6.45, 7) is 3.04. The van der Waals surface area contributed by atoms with Crippen molar-refractivity contribution in [3.05, 3.63) is 78.0 Å². The summed E-state index contributed by atoms with van der Waals surface area (Å²) in [5.41, 5.74) is 3.33. The third kappa shape index (κ3) is 6.34. The van der Waals surface area contributed by atoms with Crippen molar-refractivity contribution in [2.24, 2.45) is 0 Å². The molecular formula is C39H42F2N10O4. The zero-order valence-electron chi connectivity index (χ0n) is 30.3. The van der Waals surface area contributed by atoms with E-state index in [-0.39, 0.29) is 48.3 Å². The van der Waals surface area contributed by atoms with E-state index in [1.165, 1.54) is 24.3 Å². The number of carbonyl (C=O) groups is 1. The lowest BCUT2D eigenvalue weighted by molar-refractivity contribution is -0.132. The Bertz CT molecular complexity index is 2560. The minimum Gasteiger partial charge on any atom is -0.479 e. The van der Waals surface area contributed by atoms with Crippen LogP contribution in [0.2, 0.25) is 0 Å². The van der Waals surface area contributed by atoms with Crippen molar-refractivity contribution >= 4 is 39.6 Å². The summed E-state index contributed by atoms with van der Waals surface area (Å²) in [4.78, 5) is 37.7. The van der Waals surface area contributed by atoms with E-state index in [0.717, 1.165) is 5.52 Å². The van der Waals surface area contributed by atoms with Gasteiger partial charge in [-0.3, -0.25) is 4.79 Å². The molecule has 14 nitrogen and oxygen atoms in total. The molecule has 2 aromatic carbocycles. The fraction of sp³-hybridized carbons (Fsp3) is 0.333. The second-order valence-electron chi connectivity index (χ2n) is 13.8. The maximum Gasteiger partial charge on any atom is 0.245 e. The highest BCUT2D eigenvalue weighted by molar-refractivity contribution is 5.94. The number of aryl methyl sites for hydroxylation is 1. The van der Waals surface area contributed by atoms with Gasteiger partial charge in [0.05, 0.1) is 41.0 Å². The van der Waals surface area contributed by atoms with Crippen LogP contribution in [-0.2, 0) is 27.4 Å². The summed E-state index contributed by atoms with van der Waals surface area (Å²) in [5, 5.41) is 8.80. The number of imidazole rings is 1. The molecule has 16 heteroatoms. The largest absolute Gasteiger partial charge is 0.479 e. The van der Waals surface area contributed by atoms with E-state index in [1.807, 2.05) is 34.6 Å². The van der Waals surface area contributed by atoms with Gasteiger partial charge in [-0.15, -0.1) is 0 Å². The Labute approximate surface area is 318 Å². The average molecular weight is 753 g/mol. The SMILES string of the molecule is CO[C@H]1CN(C)C(=O)C2CC(CN2c2nc3nc4c2cnn4-c2ccc(F)cc2OCC#CCOC3)Nc2cccc(n2)-c2cc(F)cc3nc(C)n(c23)C1.[HH].[HH].[HH]. The number of likely N-dealkylation sites (N-methyl/N-ethyl adjacent to an activating group) is 1. The fourth-order valence-corrected chi connectivity index (χ4v) is 7.70. The van der Waals surface area contributed by atoms with Crippen LogP contribution in [-0.4, -0.2) is 104 Å². The molecule has 4 aromatic heterocycles. The van der Waals surface area contributed by atoms with E-state index >= 15 is 4.39 Å². The number of fused-ring (bicyclic) bond motifs is 8. The van der Waals surface area contributed by atoms with Crippen molar-refractivity contribution < 1.29 is 32.1 Å². The number of rotatable bonds is 2. The Hall–Kier alpha value is -6.18. The quantitative estimate of drug-likeness (QED) is 0.239. The summed E-state index contributed by atoms with van der Waals surface area (Å²) >= 11 is 0. The van der Waals surface area contributed by atoms with Gasteiger partial charge in [0.2, 0.25) is 5.91 Å². The Morgan fingerprint density at radius 2 is 1.87 bits per heavy atom. The minimum atomic E-state index is -0.658. The Morgan fingerprint density at radius 1 is 1.00 bits per heavy atom. The molecule has 7 heterocycles. The van der Waals surface area contributed by atoms with Gasteiger partial charge in [-0.1, -0.05) is 17.9 Å². The zero-order chi connectivity index (χ0) is 37.8. The number of carbonyl (C=O) groups excluding carboxylic acids is 1. The fourth-order valence-electron chi connectivity index (χ4n) is 7.70. The van der Waals surface area contributed by atoms with Gasteiger partial charge < -0.3 is 33.9 Å². The summed E-state index contributed by atoms with van der Waals surface area (Å²) in [6, 6.07) is 11.8. The molecule has 0 radical (unpaired) electrons. The number of benzene rings is 2. The van der Waals surface area contributed by atoms with Crippen molar-refractivity contribution in [3.8, 4) is 34.5 Å². The van der Waals surface area contributed by atoms with Crippen molar-refractivity contribution in [1.82, 2.24) is 39.2 Å². The highest BCUT2D eigenvalue weighted by Crippen LogP contribution is 2.36. The normalized spacial score (nSPS) is 20.0. The maximum absolute atomic E-state index is 15.1. The van der Waals surface area contributed by atoms with Gasteiger partial charge >= 0.3 is 0 Å². The molecule has 9 rings (SSSR count). The molecule has 0 saturated carbocycles. The third-order valence-corrected chi connectivity index (χ3v) is 10.2. The molecule has 1 fully saturated rings. The van der Waals surface area contributed by atoms with E-state index in [9.17, 15) is 9.18 Å². The Balaban J connectivity index is 0.00000189. The molecule has 55 heavy (non-hydrogen) atoms. The van der Waals surface area contributed by atoms with Gasteiger partial charge in [0, 0.05) is 55.3 Å². The summed E-state index contributed by atoms with van der Waals surface area (Å²) in [5.74, 6) is 7.10. The van der Waals surface area contributed by atoms with Gasteiger partial charge in [0.25, 0.3) is 0 Å². The van der Waals surface area contributed by atoms with Crippen molar-refractivity contribution in [2.45, 2.75) is 44.7 Å². The first-order chi connectivity index (χ1) is 26.7. The first-order valence-electron chi connectivity index (χ1n) is 17.9. The number of nitrogens with one attached hydrogen (secondary N) is 1. The van der Waals surface area contributed by atoms with E-state index < -0.39 is 23.8 Å². The van der Waals surface area contributed by atoms with Crippen LogP contribution in [0.3, 0.4) is 0 Å². The number of nitrogens with zero attached hydrogens (tertiary/aromatic N) is 9. The van der Waals surface area contributed by atoms with Gasteiger partial charge in [0.1, 0.15) is 66.4 Å². The maximum atomic E-state index is 15.1. The zero-order valence-corrected chi connectivity index (χ0v) is 30.3. The molecule has 1 amide bonds. The molecule has 2 unspecified atom stereocenters. The predicted octanol–water partition coefficient (Wildman–Crippen LogP) is 5.01. The van der Waals surface area contributed by atoms with Gasteiger partial charge in [0.15, 0.2) is 11.5 Å². The molecule has 286 valence electrons. The number of anilines is 2. The lowest BCUT2D eigenvalue weighted by atomic mass is 10.1. The second-order valence-corrected chi connectivity index (χ2v) is 13.8. The second kappa shape index (κ2) is 13.9. The third-order valence-electron chi connectivity index (χ3n) is 10.2. The molecule has 0 spiro atoms. The molecule has 1 saturated heterocycles. The molecular weight excluding hydrogens is 710 g/mol. The Morgan fingerprint density at radius 3 is 2.75 bits per heavy atom. The average Bonchev–Trinajstić information content (AvgIpc) is 3.87. The highest BCUT2D eigenvalue weighted by Gasteiger charge is 2.41. The standard InChI is InChI=1S/C39H36F2N10O4.3H2/c1-22-43-30-14-24(41)13-27-29-7-6-8-34(45-29)44-25-16-32(39(52)48(2)19-26(53-3)20-49(22)36(27)30)50(18-25)37-28-17-42-51-31-10-9-23(40)15-33(31)55-12-5-4-11-54-21-35(46-37)47-38(28)51;;;/h6-10,13-15,17,25-26,32H,11-12,16,18-21H2,1-3H3,(H,44,45);3*1H/t25?,26-,32?;;;/m0.../s1. The predicted molar refractivity (Wildman–Crippen MR) is 205 cm³/mol. The lowest BCUT2D eigenvalue weighted by Gasteiger charge is -2.31. The number of hydrogen-bond acceptors (Lipinski definition) is 11. The monoisotopic (exact) mass is 752 g/mol. The van der Waals surface area contributed by atoms with Crippen LogP contribution in [0, 0.1) is 30.4 Å². The molecule has 6 aromatic rings. The van der Waals surface area contributed by atoms with Crippen LogP contribution in [0.5, 0.6) is 5.75 Å². The van der Waals surface area contributed by atoms with Gasteiger partial charge in [-0.05, 0) is 43.7 Å². The van der Waals surface area contributed by atoms with Crippen LogP contribution in [0.15, 0.2) is 54.7 Å². The summed E-state index contributed by atoms with van der Waals surface area (Å²) < 4.78 is 50.7. The number of aromatic nitrogens is 7. The smallest absolute Gasteiger partial charge is 0.245 e. The molecule has 3 aliphatic heterocycles. The summed E-state index contributed by atoms with van der Waals surface area (Å²) in [6.07, 6.45) is 1.63. The number of ether oxygens (including phenoxy) is 3. The van der Waals surface area contributed by atoms with Gasteiger partial charge in [-0.2, -0.15) is 5.10 Å². The number of hydrogen-bond donors (Lipinski definition) is 1. The van der Waals surface area contributed by atoms with E-state index in [4.69, 9.17) is 29.2 Å². The number of halogens is 2. The van der Waals surface area contributed by atoms with Gasteiger partial charge in [-0.25, -0.2) is 33.4 Å². The van der Waals surface area contributed by atoms with Crippen LogP contribution >= 0.6 is 0 Å². The van der Waals surface area contributed by atoms with Crippen LogP contribution < -0.4 is 15.0 Å². The first kappa shape index (κ1) is 34.6. The highest BCUT2D eigenvalue weighted by atomic mass is 19.1. The molecule has 3 aliphatic rings. The van der Waals surface area contributed by atoms with Crippen LogP contribution in [0.1, 0.15) is 22.3 Å². The van der Waals surface area contributed by atoms with Crippen molar-refractivity contribution in [2.75, 3.05) is 50.7 Å². The van der Waals surface area contributed by atoms with E-state index in [2.05, 4.69) is 27.2 Å². The topological polar surface area (TPSA) is 138 Å². The number of methoxy groups -OCH3 is 1. The Kier molecular flexibility index (Phi) is 8.74. The molecule has 6 bridgehead atoms. The van der Waals surface area contributed by atoms with E-state index in [0.29, 0.717) is 76.3 Å². The van der Waals surface area contributed by atoms with Crippen molar-refractivity contribution in [1.29, 1.82) is 0 Å². The van der Waals surface area contributed by atoms with E-state index in [1.54, 1.807) is 36.0 Å². The number of pyridine rings is 1. The number of amides is 1. The molecule has 1 N–H and O–H groups in total. The lowest BCUT2D eigenvalue weighted by Crippen LogP contribution is -2.47. The van der Waals surface area contributed by atoms with Crippen molar-refractivity contribution in [3.63, 3.8) is 0 Å².